The quantitative estimate of drug-likeness (QED) is 0.704. The van der Waals surface area contributed by atoms with Gasteiger partial charge < -0.3 is 9.31 Å². The van der Waals surface area contributed by atoms with Crippen molar-refractivity contribution in [1.82, 2.24) is 14.6 Å². The third-order valence-corrected chi connectivity index (χ3v) is 3.80. The Bertz CT molecular complexity index is 578. The Morgan fingerprint density at radius 2 is 1.72 bits per heavy atom. The van der Waals surface area contributed by atoms with Crippen molar-refractivity contribution in [2.75, 3.05) is 0 Å². The van der Waals surface area contributed by atoms with E-state index in [4.69, 9.17) is 9.31 Å². The second-order valence-corrected chi connectivity index (χ2v) is 5.58. The Morgan fingerprint density at radius 3 is 2.39 bits per heavy atom. The van der Waals surface area contributed by atoms with Crippen LogP contribution in [0, 0.1) is 0 Å². The number of nitrogens with zero attached hydrogens (tertiary/aromatic N) is 3. The lowest BCUT2D eigenvalue weighted by molar-refractivity contribution is 0.00578. The zero-order valence-corrected chi connectivity index (χ0v) is 11.0. The topological polar surface area (TPSA) is 48.7 Å². The van der Waals surface area contributed by atoms with E-state index in [0.29, 0.717) is 5.72 Å². The van der Waals surface area contributed by atoms with Crippen molar-refractivity contribution in [1.29, 1.82) is 0 Å². The standard InChI is InChI=1S/C12H16BN3O2/c1-11(2)12(3,4)18-13(17-11)10-15-14-9-7-5-6-8-16(9)10/h5-8H,1-4H3. The predicted octanol–water partition coefficient (Wildman–Crippen LogP) is 1.03. The summed E-state index contributed by atoms with van der Waals surface area (Å²) in [5.41, 5.74) is 0.753. The molecule has 2 aromatic rings. The summed E-state index contributed by atoms with van der Waals surface area (Å²) in [6, 6.07) is 5.77. The highest BCUT2D eigenvalue weighted by atomic mass is 16.7. The number of hydrogen-bond acceptors (Lipinski definition) is 4. The second kappa shape index (κ2) is 3.55. The molecule has 1 fully saturated rings. The maximum atomic E-state index is 5.97. The van der Waals surface area contributed by atoms with Crippen LogP contribution in [0.3, 0.4) is 0 Å². The Labute approximate surface area is 106 Å². The molecular weight excluding hydrogens is 229 g/mol. The van der Waals surface area contributed by atoms with Crippen molar-refractivity contribution in [3.05, 3.63) is 24.4 Å². The van der Waals surface area contributed by atoms with Crippen LogP contribution >= 0.6 is 0 Å². The van der Waals surface area contributed by atoms with E-state index in [-0.39, 0.29) is 11.2 Å². The van der Waals surface area contributed by atoms with Gasteiger partial charge >= 0.3 is 7.12 Å². The van der Waals surface area contributed by atoms with Crippen LogP contribution in [0.15, 0.2) is 24.4 Å². The smallest absolute Gasteiger partial charge is 0.397 e. The molecule has 0 saturated carbocycles. The first-order valence-electron chi connectivity index (χ1n) is 6.06. The van der Waals surface area contributed by atoms with Crippen LogP contribution in [0.5, 0.6) is 0 Å². The van der Waals surface area contributed by atoms with Gasteiger partial charge in [-0.15, -0.1) is 10.2 Å². The maximum Gasteiger partial charge on any atom is 0.535 e. The Kier molecular flexibility index (Phi) is 2.31. The molecule has 0 spiro atoms. The Balaban J connectivity index is 2.03. The molecule has 1 saturated heterocycles. The van der Waals surface area contributed by atoms with Gasteiger partial charge in [0.15, 0.2) is 11.4 Å². The summed E-state index contributed by atoms with van der Waals surface area (Å²) in [5, 5.41) is 8.28. The summed E-state index contributed by atoms with van der Waals surface area (Å²) in [4.78, 5) is 0. The zero-order chi connectivity index (χ0) is 13.0. The number of rotatable bonds is 1. The van der Waals surface area contributed by atoms with E-state index in [1.54, 1.807) is 0 Å². The Hall–Kier alpha value is -1.40. The maximum absolute atomic E-state index is 5.97. The first kappa shape index (κ1) is 11.7. The third kappa shape index (κ3) is 1.56. The summed E-state index contributed by atoms with van der Waals surface area (Å²) in [7, 11) is -0.479. The zero-order valence-electron chi connectivity index (χ0n) is 11.0. The van der Waals surface area contributed by atoms with Crippen molar-refractivity contribution in [3.63, 3.8) is 0 Å². The van der Waals surface area contributed by atoms with Crippen LogP contribution < -0.4 is 5.72 Å². The van der Waals surface area contributed by atoms with Gasteiger partial charge in [0, 0.05) is 6.20 Å². The fourth-order valence-corrected chi connectivity index (χ4v) is 1.97. The fraction of sp³-hybridized carbons (Fsp3) is 0.500. The molecule has 0 amide bonds. The minimum atomic E-state index is -0.479. The number of hydrogen-bond donors (Lipinski definition) is 0. The molecule has 1 aliphatic rings. The summed E-state index contributed by atoms with van der Waals surface area (Å²) >= 11 is 0. The minimum Gasteiger partial charge on any atom is -0.397 e. The largest absolute Gasteiger partial charge is 0.535 e. The summed E-state index contributed by atoms with van der Waals surface area (Å²) in [6.07, 6.45) is 1.91. The first-order valence-corrected chi connectivity index (χ1v) is 6.06. The van der Waals surface area contributed by atoms with Gasteiger partial charge in [-0.3, -0.25) is 4.40 Å². The van der Waals surface area contributed by atoms with Crippen molar-refractivity contribution in [3.8, 4) is 0 Å². The van der Waals surface area contributed by atoms with Gasteiger partial charge in [0.2, 0.25) is 0 Å². The van der Waals surface area contributed by atoms with E-state index < -0.39 is 7.12 Å². The van der Waals surface area contributed by atoms with Crippen molar-refractivity contribution >= 4 is 18.5 Å². The molecule has 6 heteroatoms. The number of pyridine rings is 1. The van der Waals surface area contributed by atoms with Crippen LogP contribution in [0.4, 0.5) is 0 Å². The Morgan fingerprint density at radius 1 is 1.06 bits per heavy atom. The van der Waals surface area contributed by atoms with Crippen LogP contribution in [0.25, 0.3) is 5.65 Å². The van der Waals surface area contributed by atoms with E-state index in [1.807, 2.05) is 56.5 Å². The van der Waals surface area contributed by atoms with Crippen LogP contribution in [-0.2, 0) is 9.31 Å². The van der Waals surface area contributed by atoms with E-state index >= 15 is 0 Å². The minimum absolute atomic E-state index is 0.363. The molecule has 5 nitrogen and oxygen atoms in total. The normalized spacial score (nSPS) is 21.7. The average Bonchev–Trinajstić information content (AvgIpc) is 2.78. The van der Waals surface area contributed by atoms with Crippen molar-refractivity contribution < 1.29 is 9.31 Å². The molecule has 1 aliphatic heterocycles. The van der Waals surface area contributed by atoms with Gasteiger partial charge in [0.05, 0.1) is 11.2 Å². The molecule has 0 aliphatic carbocycles. The summed E-state index contributed by atoms with van der Waals surface area (Å²) in [6.45, 7) is 8.10. The van der Waals surface area contributed by atoms with E-state index in [2.05, 4.69) is 10.2 Å². The molecule has 0 unspecified atom stereocenters. The highest BCUT2D eigenvalue weighted by Crippen LogP contribution is 2.36. The van der Waals surface area contributed by atoms with Crippen LogP contribution in [-0.4, -0.2) is 32.9 Å². The fourth-order valence-electron chi connectivity index (χ4n) is 1.97. The van der Waals surface area contributed by atoms with Gasteiger partial charge in [-0.25, -0.2) is 0 Å². The van der Waals surface area contributed by atoms with Crippen LogP contribution in [0.2, 0.25) is 0 Å². The van der Waals surface area contributed by atoms with Gasteiger partial charge in [-0.1, -0.05) is 6.07 Å². The molecule has 0 aromatic carbocycles. The van der Waals surface area contributed by atoms with E-state index in [9.17, 15) is 0 Å². The summed E-state index contributed by atoms with van der Waals surface area (Å²) < 4.78 is 13.8. The first-order chi connectivity index (χ1) is 8.41. The average molecular weight is 245 g/mol. The number of aromatic nitrogens is 3. The monoisotopic (exact) mass is 245 g/mol. The van der Waals surface area contributed by atoms with Gasteiger partial charge in [-0.05, 0) is 39.8 Å². The molecule has 2 aromatic heterocycles. The number of fused-ring (bicyclic) bond motifs is 1. The molecule has 3 rings (SSSR count). The molecular formula is C12H16BN3O2. The van der Waals surface area contributed by atoms with Crippen molar-refractivity contribution in [2.45, 2.75) is 38.9 Å². The lowest BCUT2D eigenvalue weighted by Crippen LogP contribution is -2.41. The molecule has 0 N–H and O–H groups in total. The predicted molar refractivity (Wildman–Crippen MR) is 68.7 cm³/mol. The van der Waals surface area contributed by atoms with Gasteiger partial charge in [0.1, 0.15) is 0 Å². The SMILES string of the molecule is CC1(C)OB(c2nnc3ccccn23)OC1(C)C. The lowest BCUT2D eigenvalue weighted by Gasteiger charge is -2.32. The molecule has 0 atom stereocenters. The highest BCUT2D eigenvalue weighted by Gasteiger charge is 2.53. The van der Waals surface area contributed by atoms with E-state index in [0.717, 1.165) is 5.65 Å². The van der Waals surface area contributed by atoms with Crippen LogP contribution in [0.1, 0.15) is 27.7 Å². The molecule has 3 heterocycles. The molecule has 0 radical (unpaired) electrons. The molecule has 94 valence electrons. The molecule has 0 bridgehead atoms. The molecule has 18 heavy (non-hydrogen) atoms. The van der Waals surface area contributed by atoms with Crippen molar-refractivity contribution in [2.24, 2.45) is 0 Å². The summed E-state index contributed by atoms with van der Waals surface area (Å²) in [5.74, 6) is 0. The van der Waals surface area contributed by atoms with Gasteiger partial charge in [0.25, 0.3) is 0 Å². The highest BCUT2D eigenvalue weighted by molar-refractivity contribution is 6.60. The van der Waals surface area contributed by atoms with E-state index in [1.165, 1.54) is 0 Å². The third-order valence-electron chi connectivity index (χ3n) is 3.80. The lowest BCUT2D eigenvalue weighted by atomic mass is 9.89. The second-order valence-electron chi connectivity index (χ2n) is 5.58. The van der Waals surface area contributed by atoms with Gasteiger partial charge in [-0.2, -0.15) is 0 Å².